The second-order valence-electron chi connectivity index (χ2n) is 6.60. The number of carbonyl (C=O) groups excluding carboxylic acids is 1. The van der Waals surface area contributed by atoms with Crippen molar-refractivity contribution in [2.75, 3.05) is 26.2 Å². The van der Waals surface area contributed by atoms with Crippen LogP contribution in [0.4, 0.5) is 0 Å². The number of benzene rings is 1. The summed E-state index contributed by atoms with van der Waals surface area (Å²) in [7, 11) is 0. The molecular formula is C20H32N2O. The van der Waals surface area contributed by atoms with Gasteiger partial charge in [0.1, 0.15) is 0 Å². The number of hydrogen-bond donors (Lipinski definition) is 1. The summed E-state index contributed by atoms with van der Waals surface area (Å²) < 4.78 is 0. The van der Waals surface area contributed by atoms with Crippen molar-refractivity contribution < 1.29 is 4.79 Å². The van der Waals surface area contributed by atoms with E-state index < -0.39 is 0 Å². The van der Waals surface area contributed by atoms with E-state index in [2.05, 4.69) is 36.2 Å². The van der Waals surface area contributed by atoms with Gasteiger partial charge in [0.05, 0.1) is 5.92 Å². The van der Waals surface area contributed by atoms with Gasteiger partial charge < -0.3 is 10.2 Å². The Labute approximate surface area is 141 Å². The van der Waals surface area contributed by atoms with Crippen LogP contribution in [0.25, 0.3) is 0 Å². The van der Waals surface area contributed by atoms with E-state index in [9.17, 15) is 4.79 Å². The molecule has 1 amide bonds. The van der Waals surface area contributed by atoms with Crippen molar-refractivity contribution in [2.24, 2.45) is 5.92 Å². The number of nitrogens with zero attached hydrogens (tertiary/aromatic N) is 1. The molecule has 0 unspecified atom stereocenters. The van der Waals surface area contributed by atoms with Gasteiger partial charge in [-0.25, -0.2) is 0 Å². The predicted octanol–water partition coefficient (Wildman–Crippen LogP) is 3.81. The van der Waals surface area contributed by atoms with Crippen LogP contribution in [-0.4, -0.2) is 37.0 Å². The summed E-state index contributed by atoms with van der Waals surface area (Å²) in [5.41, 5.74) is 1.18. The lowest BCUT2D eigenvalue weighted by Crippen LogP contribution is -2.39. The molecule has 128 valence electrons. The maximum Gasteiger partial charge on any atom is 0.227 e. The Bertz CT molecular complexity index is 450. The van der Waals surface area contributed by atoms with Crippen LogP contribution in [0.5, 0.6) is 0 Å². The van der Waals surface area contributed by atoms with Crippen molar-refractivity contribution in [3.63, 3.8) is 0 Å². The third-order valence-corrected chi connectivity index (χ3v) is 5.18. The third kappa shape index (κ3) is 5.35. The number of nitrogens with one attached hydrogen (secondary N) is 1. The van der Waals surface area contributed by atoms with Crippen LogP contribution in [0, 0.1) is 5.92 Å². The molecule has 0 saturated heterocycles. The van der Waals surface area contributed by atoms with E-state index in [0.29, 0.717) is 5.92 Å². The van der Waals surface area contributed by atoms with Crippen LogP contribution in [0.1, 0.15) is 57.4 Å². The average molecular weight is 316 g/mol. The topological polar surface area (TPSA) is 32.3 Å². The maximum absolute atomic E-state index is 12.9. The first-order chi connectivity index (χ1) is 11.3. The lowest BCUT2D eigenvalue weighted by molar-refractivity contribution is -0.124. The molecule has 1 aliphatic carbocycles. The van der Waals surface area contributed by atoms with Crippen LogP contribution in [0.3, 0.4) is 0 Å². The van der Waals surface area contributed by atoms with Gasteiger partial charge in [0.25, 0.3) is 0 Å². The summed E-state index contributed by atoms with van der Waals surface area (Å²) in [4.78, 5) is 15.2. The number of carbonyl (C=O) groups is 1. The number of hydrogen-bond acceptors (Lipinski definition) is 2. The molecule has 1 fully saturated rings. The van der Waals surface area contributed by atoms with E-state index in [1.807, 2.05) is 18.2 Å². The molecular weight excluding hydrogens is 284 g/mol. The largest absolute Gasteiger partial charge is 0.354 e. The smallest absolute Gasteiger partial charge is 0.227 e. The molecule has 0 aromatic heterocycles. The first-order valence-electron chi connectivity index (χ1n) is 9.31. The minimum absolute atomic E-state index is 0.0215. The van der Waals surface area contributed by atoms with Gasteiger partial charge in [-0.3, -0.25) is 4.79 Å². The number of likely N-dealkylation sites (N-methyl/N-ethyl adjacent to an activating group) is 1. The van der Waals surface area contributed by atoms with E-state index in [1.165, 1.54) is 37.7 Å². The van der Waals surface area contributed by atoms with Crippen molar-refractivity contribution in [1.82, 2.24) is 10.2 Å². The van der Waals surface area contributed by atoms with Crippen molar-refractivity contribution >= 4 is 5.91 Å². The average Bonchev–Trinajstić information content (AvgIpc) is 2.61. The standard InChI is InChI=1S/C20H32N2O/c1-3-22(4-2)16-15-21-20(23)19(17-11-7-5-8-12-17)18-13-9-6-10-14-18/h5,7-8,11-12,18-19H,3-4,6,9-10,13-16H2,1-2H3,(H,21,23)/t19-/m0/s1. The quantitative estimate of drug-likeness (QED) is 0.791. The molecule has 0 bridgehead atoms. The van der Waals surface area contributed by atoms with Gasteiger partial charge in [0.2, 0.25) is 5.91 Å². The van der Waals surface area contributed by atoms with E-state index >= 15 is 0 Å². The van der Waals surface area contributed by atoms with Crippen LogP contribution < -0.4 is 5.32 Å². The predicted molar refractivity (Wildman–Crippen MR) is 96.6 cm³/mol. The summed E-state index contributed by atoms with van der Waals surface area (Å²) >= 11 is 0. The molecule has 0 aliphatic heterocycles. The molecule has 3 heteroatoms. The molecule has 0 spiro atoms. The highest BCUT2D eigenvalue weighted by atomic mass is 16.1. The molecule has 1 aromatic rings. The molecule has 1 aliphatic rings. The highest BCUT2D eigenvalue weighted by molar-refractivity contribution is 5.84. The second kappa shape index (κ2) is 9.71. The fraction of sp³-hybridized carbons (Fsp3) is 0.650. The van der Waals surface area contributed by atoms with Crippen LogP contribution >= 0.6 is 0 Å². The molecule has 23 heavy (non-hydrogen) atoms. The Hall–Kier alpha value is -1.35. The van der Waals surface area contributed by atoms with E-state index in [1.54, 1.807) is 0 Å². The van der Waals surface area contributed by atoms with E-state index in [4.69, 9.17) is 0 Å². The van der Waals surface area contributed by atoms with Crippen molar-refractivity contribution in [2.45, 2.75) is 51.9 Å². The summed E-state index contributed by atoms with van der Waals surface area (Å²) in [6, 6.07) is 10.4. The molecule has 1 N–H and O–H groups in total. The Balaban J connectivity index is 2.00. The highest BCUT2D eigenvalue weighted by Gasteiger charge is 2.30. The minimum atomic E-state index is 0.0215. The fourth-order valence-corrected chi connectivity index (χ4v) is 3.75. The molecule has 0 radical (unpaired) electrons. The van der Waals surface area contributed by atoms with Gasteiger partial charge >= 0.3 is 0 Å². The highest BCUT2D eigenvalue weighted by Crippen LogP contribution is 2.36. The molecule has 0 heterocycles. The number of rotatable bonds is 8. The summed E-state index contributed by atoms with van der Waals surface area (Å²) in [5, 5.41) is 3.20. The van der Waals surface area contributed by atoms with Crippen molar-refractivity contribution in [3.8, 4) is 0 Å². The zero-order valence-electron chi connectivity index (χ0n) is 14.8. The Morgan fingerprint density at radius 3 is 2.39 bits per heavy atom. The van der Waals surface area contributed by atoms with Gasteiger partial charge in [0, 0.05) is 13.1 Å². The van der Waals surface area contributed by atoms with E-state index in [-0.39, 0.29) is 11.8 Å². The second-order valence-corrected chi connectivity index (χ2v) is 6.60. The summed E-state index contributed by atoms with van der Waals surface area (Å²) in [5.74, 6) is 0.739. The van der Waals surface area contributed by atoms with Crippen LogP contribution in [-0.2, 0) is 4.79 Å². The van der Waals surface area contributed by atoms with Crippen molar-refractivity contribution in [3.05, 3.63) is 35.9 Å². The normalized spacial score (nSPS) is 17.2. The molecule has 2 rings (SSSR count). The summed E-state index contributed by atoms with van der Waals surface area (Å²) in [6.07, 6.45) is 6.22. The Kier molecular flexibility index (Phi) is 7.60. The minimum Gasteiger partial charge on any atom is -0.354 e. The van der Waals surface area contributed by atoms with Gasteiger partial charge in [-0.05, 0) is 37.4 Å². The first kappa shape index (κ1) is 18.0. The molecule has 1 saturated carbocycles. The maximum atomic E-state index is 12.9. The van der Waals surface area contributed by atoms with Gasteiger partial charge in [-0.1, -0.05) is 63.4 Å². The summed E-state index contributed by atoms with van der Waals surface area (Å²) in [6.45, 7) is 8.09. The van der Waals surface area contributed by atoms with Gasteiger partial charge in [-0.2, -0.15) is 0 Å². The van der Waals surface area contributed by atoms with E-state index in [0.717, 1.165) is 26.2 Å². The molecule has 3 nitrogen and oxygen atoms in total. The van der Waals surface area contributed by atoms with Crippen LogP contribution in [0.2, 0.25) is 0 Å². The molecule has 1 atom stereocenters. The first-order valence-corrected chi connectivity index (χ1v) is 9.31. The monoisotopic (exact) mass is 316 g/mol. The number of amides is 1. The Morgan fingerprint density at radius 2 is 1.78 bits per heavy atom. The fourth-order valence-electron chi connectivity index (χ4n) is 3.75. The van der Waals surface area contributed by atoms with Gasteiger partial charge in [0.15, 0.2) is 0 Å². The van der Waals surface area contributed by atoms with Gasteiger partial charge in [-0.15, -0.1) is 0 Å². The lowest BCUT2D eigenvalue weighted by Gasteiger charge is -2.30. The zero-order chi connectivity index (χ0) is 16.5. The molecule has 1 aromatic carbocycles. The SMILES string of the molecule is CCN(CC)CCNC(=O)[C@@H](c1ccccc1)C1CCCCC1. The third-order valence-electron chi connectivity index (χ3n) is 5.18. The van der Waals surface area contributed by atoms with Crippen LogP contribution in [0.15, 0.2) is 30.3 Å². The lowest BCUT2D eigenvalue weighted by atomic mass is 9.76. The zero-order valence-corrected chi connectivity index (χ0v) is 14.8. The Morgan fingerprint density at radius 1 is 1.13 bits per heavy atom. The van der Waals surface area contributed by atoms with Crippen molar-refractivity contribution in [1.29, 1.82) is 0 Å².